The van der Waals surface area contributed by atoms with E-state index in [1.807, 2.05) is 18.2 Å². The van der Waals surface area contributed by atoms with E-state index in [4.69, 9.17) is 39.1 Å². The number of allylic oxidation sites excluding steroid dienone is 7. The number of aliphatic hydroxyl groups is 2. The number of esters is 2. The normalized spacial score (nSPS) is 15.7. The van der Waals surface area contributed by atoms with Crippen LogP contribution < -0.4 is 5.73 Å². The summed E-state index contributed by atoms with van der Waals surface area (Å²) in [5.41, 5.74) is 6.18. The highest BCUT2D eigenvalue weighted by molar-refractivity contribution is 8.00. The average molecular weight is 1110 g/mol. The number of phosphoric ester groups is 2. The molecule has 0 aliphatic rings. The molecule has 0 saturated heterocycles. The molecule has 0 aromatic heterocycles. The number of carbonyl (C=O) groups excluding carboxylic acids is 2. The number of aliphatic carboxylic acids is 1. The van der Waals surface area contributed by atoms with Gasteiger partial charge in [-0.25, -0.2) is 9.13 Å². The molecule has 20 heteroatoms. The lowest BCUT2D eigenvalue weighted by molar-refractivity contribution is -0.161. The predicted octanol–water partition coefficient (Wildman–Crippen LogP) is 12.1. The highest BCUT2D eigenvalue weighted by atomic mass is 32.2. The largest absolute Gasteiger partial charge is 0.481 e. The van der Waals surface area contributed by atoms with Gasteiger partial charge in [-0.2, -0.15) is 0 Å². The van der Waals surface area contributed by atoms with Crippen LogP contribution in [0.5, 0.6) is 0 Å². The van der Waals surface area contributed by atoms with Gasteiger partial charge < -0.3 is 45.2 Å². The van der Waals surface area contributed by atoms with Crippen molar-refractivity contribution in [2.24, 2.45) is 11.7 Å². The minimum atomic E-state index is -4.95. The molecular formula is C54H99NO16P2S. The summed E-state index contributed by atoms with van der Waals surface area (Å²) in [4.78, 5) is 65.0. The lowest BCUT2D eigenvalue weighted by Gasteiger charge is -2.22. The van der Waals surface area contributed by atoms with Crippen molar-refractivity contribution in [1.29, 1.82) is 0 Å². The second-order valence-corrected chi connectivity index (χ2v) is 23.2. The molecule has 0 spiro atoms. The van der Waals surface area contributed by atoms with E-state index in [1.54, 1.807) is 18.2 Å². The molecule has 17 nitrogen and oxygen atoms in total. The first-order valence-electron chi connectivity index (χ1n) is 27.7. The van der Waals surface area contributed by atoms with E-state index in [9.17, 15) is 38.6 Å². The third-order valence-electron chi connectivity index (χ3n) is 12.2. The Kier molecular flexibility index (Phi) is 46.6. The van der Waals surface area contributed by atoms with Gasteiger partial charge in [0.25, 0.3) is 0 Å². The fraction of sp³-hybridized carbons (Fsp3) is 0.796. The van der Waals surface area contributed by atoms with Crippen molar-refractivity contribution in [2.75, 3.05) is 32.2 Å². The number of phosphoric acid groups is 2. The molecule has 0 amide bonds. The summed E-state index contributed by atoms with van der Waals surface area (Å²) in [5, 5.41) is 29.3. The zero-order valence-corrected chi connectivity index (χ0v) is 47.9. The molecule has 0 aromatic rings. The van der Waals surface area contributed by atoms with Gasteiger partial charge in [0.05, 0.1) is 25.9 Å². The smallest absolute Gasteiger partial charge is 0.472 e. The highest BCUT2D eigenvalue weighted by Gasteiger charge is 2.29. The molecule has 0 radical (unpaired) electrons. The summed E-state index contributed by atoms with van der Waals surface area (Å²) in [6.07, 6.45) is 41.3. The molecule has 0 bridgehead atoms. The van der Waals surface area contributed by atoms with Gasteiger partial charge in [-0.15, -0.1) is 11.8 Å². The Labute approximate surface area is 449 Å². The van der Waals surface area contributed by atoms with Crippen molar-refractivity contribution in [1.82, 2.24) is 0 Å². The number of thioether (sulfide) groups is 1. The summed E-state index contributed by atoms with van der Waals surface area (Å²) in [6.45, 7) is 3.58. The van der Waals surface area contributed by atoms with E-state index in [2.05, 4.69) is 37.4 Å². The minimum absolute atomic E-state index is 0.0220. The molecule has 0 aliphatic heterocycles. The van der Waals surface area contributed by atoms with Gasteiger partial charge in [0.1, 0.15) is 18.8 Å². The van der Waals surface area contributed by atoms with E-state index in [0.717, 1.165) is 56.2 Å². The maximum Gasteiger partial charge on any atom is 0.472 e. The van der Waals surface area contributed by atoms with Crippen molar-refractivity contribution in [3.8, 4) is 0 Å². The predicted molar refractivity (Wildman–Crippen MR) is 295 cm³/mol. The van der Waals surface area contributed by atoms with Gasteiger partial charge >= 0.3 is 33.6 Å². The number of carbonyl (C=O) groups is 3. The SMILES string of the molecule is CCCCC/C=C\C\C=C/C=C/C=C/[C@@H](SC[C@H](N)C(=O)OC[C@H](COP(=O)(O)OC[C@@H](O)COP(=O)(O)O)OC(=O)CCCCCCCCCCCCCCCCCCCCC(C)CC)[C@@H](O)CCCC(=O)O. The number of carboxylic acid groups (broad SMARTS) is 1. The number of nitrogens with two attached hydrogens (primary N) is 1. The first-order chi connectivity index (χ1) is 35.4. The first kappa shape index (κ1) is 71.8. The van der Waals surface area contributed by atoms with E-state index >= 15 is 0 Å². The van der Waals surface area contributed by atoms with Gasteiger partial charge in [0.15, 0.2) is 6.10 Å². The molecule has 74 heavy (non-hydrogen) atoms. The molecular weight excluding hydrogens is 1010 g/mol. The fourth-order valence-corrected chi connectivity index (χ4v) is 9.81. The van der Waals surface area contributed by atoms with E-state index in [1.165, 1.54) is 116 Å². The van der Waals surface area contributed by atoms with Crippen LogP contribution in [0.4, 0.5) is 0 Å². The second kappa shape index (κ2) is 48.0. The van der Waals surface area contributed by atoms with E-state index < -0.39 is 89.6 Å². The zero-order valence-electron chi connectivity index (χ0n) is 45.3. The Morgan fingerprint density at radius 1 is 0.622 bits per heavy atom. The highest BCUT2D eigenvalue weighted by Crippen LogP contribution is 2.44. The summed E-state index contributed by atoms with van der Waals surface area (Å²) < 4.78 is 48.2. The van der Waals surface area contributed by atoms with Crippen LogP contribution in [-0.2, 0) is 46.6 Å². The van der Waals surface area contributed by atoms with E-state index in [-0.39, 0.29) is 31.4 Å². The van der Waals surface area contributed by atoms with Crippen molar-refractivity contribution in [2.45, 2.75) is 237 Å². The number of hydrogen-bond acceptors (Lipinski definition) is 14. The molecule has 0 heterocycles. The van der Waals surface area contributed by atoms with Crippen LogP contribution in [0.25, 0.3) is 0 Å². The van der Waals surface area contributed by atoms with Gasteiger partial charge in [0, 0.05) is 23.8 Å². The number of carboxylic acids is 1. The van der Waals surface area contributed by atoms with Gasteiger partial charge in [-0.05, 0) is 44.4 Å². The number of rotatable bonds is 52. The molecule has 0 fully saturated rings. The monoisotopic (exact) mass is 1110 g/mol. The van der Waals surface area contributed by atoms with Crippen LogP contribution in [0.1, 0.15) is 207 Å². The van der Waals surface area contributed by atoms with Crippen LogP contribution in [0.3, 0.4) is 0 Å². The Morgan fingerprint density at radius 2 is 1.18 bits per heavy atom. The van der Waals surface area contributed by atoms with Crippen molar-refractivity contribution in [3.05, 3.63) is 48.6 Å². The maximum absolute atomic E-state index is 13.1. The molecule has 2 unspecified atom stereocenters. The van der Waals surface area contributed by atoms with Crippen LogP contribution in [-0.4, -0.2) is 110 Å². The summed E-state index contributed by atoms with van der Waals surface area (Å²) in [6, 6.07) is -1.22. The van der Waals surface area contributed by atoms with Crippen molar-refractivity contribution < 1.29 is 76.6 Å². The summed E-state index contributed by atoms with van der Waals surface area (Å²) in [7, 11) is -9.88. The summed E-state index contributed by atoms with van der Waals surface area (Å²) in [5.74, 6) is -1.70. The minimum Gasteiger partial charge on any atom is -0.481 e. The molecule has 432 valence electrons. The zero-order chi connectivity index (χ0) is 55.1. The Balaban J connectivity index is 5.09. The lowest BCUT2D eigenvalue weighted by atomic mass is 9.99. The maximum atomic E-state index is 13.1. The second-order valence-electron chi connectivity index (χ2n) is 19.3. The Hall–Kier alpha value is -2.18. The third kappa shape index (κ3) is 48.2. The van der Waals surface area contributed by atoms with Crippen LogP contribution in [0.2, 0.25) is 0 Å². The third-order valence-corrected chi connectivity index (χ3v) is 15.1. The number of aliphatic hydroxyl groups excluding tert-OH is 2. The first-order valence-corrected chi connectivity index (χ1v) is 31.7. The van der Waals surface area contributed by atoms with Gasteiger partial charge in [-0.3, -0.25) is 28.0 Å². The molecule has 0 aliphatic carbocycles. The summed E-state index contributed by atoms with van der Waals surface area (Å²) >= 11 is 1.16. The van der Waals surface area contributed by atoms with E-state index in [0.29, 0.717) is 6.42 Å². The number of hydrogen-bond donors (Lipinski definition) is 7. The molecule has 7 atom stereocenters. The van der Waals surface area contributed by atoms with Crippen LogP contribution in [0.15, 0.2) is 48.6 Å². The standard InChI is InChI=1S/C54H99NO16P2S/c1-4-6-7-8-9-10-11-21-24-27-30-33-38-51(50(57)37-35-39-52(58)59)74-45-49(55)54(61)67-43-48(44-70-73(65,66)69-42-47(56)41-68-72(62,63)64)71-53(60)40-34-31-28-25-22-19-17-15-13-12-14-16-18-20-23-26-29-32-36-46(3)5-2/h9-10,21,24,27,30,33,38,46-51,56-57H,4-8,11-20,22-23,25-26,28-29,31-32,34-37,39-45,55H2,1-3H3,(H,58,59)(H,65,66)(H2,62,63,64)/b10-9-,24-21-,30-27+,38-33+/t46?,47-,48+,49-,50-,51+/m0/s1. The average Bonchev–Trinajstić information content (AvgIpc) is 3.35. The topological polar surface area (TPSA) is 279 Å². The number of ether oxygens (including phenoxy) is 2. The Morgan fingerprint density at radius 3 is 1.74 bits per heavy atom. The molecule has 0 saturated carbocycles. The molecule has 8 N–H and O–H groups in total. The van der Waals surface area contributed by atoms with Gasteiger partial charge in [0.2, 0.25) is 0 Å². The Bertz CT molecular complexity index is 1630. The van der Waals surface area contributed by atoms with Gasteiger partial charge in [-0.1, -0.05) is 204 Å². The van der Waals surface area contributed by atoms with Crippen LogP contribution >= 0.6 is 27.4 Å². The molecule has 0 rings (SSSR count). The van der Waals surface area contributed by atoms with Crippen molar-refractivity contribution in [3.63, 3.8) is 0 Å². The fourth-order valence-electron chi connectivity index (χ4n) is 7.53. The number of unbranched alkanes of at least 4 members (excludes halogenated alkanes) is 20. The van der Waals surface area contributed by atoms with Crippen molar-refractivity contribution >= 4 is 45.3 Å². The quantitative estimate of drug-likeness (QED) is 0.00980. The lowest BCUT2D eigenvalue weighted by Crippen LogP contribution is -2.38. The molecule has 0 aromatic carbocycles. The van der Waals surface area contributed by atoms with Crippen LogP contribution in [0, 0.1) is 5.92 Å².